The molecule has 0 saturated carbocycles. The van der Waals surface area contributed by atoms with Crippen molar-refractivity contribution in [3.05, 3.63) is 34.2 Å². The van der Waals surface area contributed by atoms with Gasteiger partial charge in [0.25, 0.3) is 5.91 Å². The van der Waals surface area contributed by atoms with Crippen LogP contribution in [0.4, 0.5) is 0 Å². The molecule has 0 atom stereocenters. The maximum Gasteiger partial charge on any atom is 0.267 e. The molecule has 86 valence electrons. The van der Waals surface area contributed by atoms with E-state index in [-0.39, 0.29) is 23.1 Å². The molecule has 0 bridgehead atoms. The molecule has 2 amide bonds. The molecule has 0 saturated heterocycles. The second-order valence-electron chi connectivity index (χ2n) is 3.17. The molecule has 16 heavy (non-hydrogen) atoms. The molecule has 0 unspecified atom stereocenters. The zero-order valence-corrected chi connectivity index (χ0v) is 8.87. The molecule has 0 aliphatic carbocycles. The van der Waals surface area contributed by atoms with Crippen molar-refractivity contribution in [1.29, 1.82) is 0 Å². The molecule has 0 aliphatic rings. The highest BCUT2D eigenvalue weighted by Gasteiger charge is 2.04. The average molecular weight is 223 g/mol. The minimum Gasteiger partial charge on any atom is -0.355 e. The van der Waals surface area contributed by atoms with Crippen LogP contribution in [0, 0.1) is 0 Å². The minimum atomic E-state index is -0.372. The molecular weight excluding hydrogens is 210 g/mol. The van der Waals surface area contributed by atoms with Gasteiger partial charge in [0.15, 0.2) is 0 Å². The maximum atomic E-state index is 11.4. The number of hydrogen-bond acceptors (Lipinski definition) is 3. The van der Waals surface area contributed by atoms with Crippen LogP contribution >= 0.6 is 0 Å². The number of rotatable bonds is 4. The fourth-order valence-corrected chi connectivity index (χ4v) is 1.09. The van der Waals surface area contributed by atoms with Gasteiger partial charge in [0, 0.05) is 26.1 Å². The lowest BCUT2D eigenvalue weighted by atomic mass is 10.3. The van der Waals surface area contributed by atoms with Crippen LogP contribution in [0.3, 0.4) is 0 Å². The topological polar surface area (TPSA) is 91.1 Å². The number of amides is 2. The van der Waals surface area contributed by atoms with Gasteiger partial charge in [-0.05, 0) is 6.07 Å². The Morgan fingerprint density at radius 2 is 1.94 bits per heavy atom. The lowest BCUT2D eigenvalue weighted by molar-refractivity contribution is -0.118. The lowest BCUT2D eigenvalue weighted by Gasteiger charge is -2.05. The molecular formula is C10H13N3O3. The molecule has 6 nitrogen and oxygen atoms in total. The Bertz CT molecular complexity index is 439. The van der Waals surface area contributed by atoms with Crippen LogP contribution in [0.2, 0.25) is 0 Å². The van der Waals surface area contributed by atoms with E-state index in [1.165, 1.54) is 25.1 Å². The molecule has 1 heterocycles. The Hall–Kier alpha value is -2.11. The maximum absolute atomic E-state index is 11.4. The minimum absolute atomic E-state index is 0.151. The van der Waals surface area contributed by atoms with Gasteiger partial charge in [-0.3, -0.25) is 14.4 Å². The molecule has 0 radical (unpaired) electrons. The quantitative estimate of drug-likeness (QED) is 0.586. The fourth-order valence-electron chi connectivity index (χ4n) is 1.09. The van der Waals surface area contributed by atoms with Crippen molar-refractivity contribution in [3.8, 4) is 0 Å². The first kappa shape index (κ1) is 12.0. The normalized spacial score (nSPS) is 9.56. The van der Waals surface area contributed by atoms with Crippen molar-refractivity contribution < 1.29 is 9.59 Å². The Balaban J connectivity index is 2.41. The van der Waals surface area contributed by atoms with Gasteiger partial charge < -0.3 is 15.6 Å². The van der Waals surface area contributed by atoms with Crippen molar-refractivity contribution in [3.63, 3.8) is 0 Å². The molecule has 0 aromatic carbocycles. The number of nitrogens with one attached hydrogen (secondary N) is 3. The van der Waals surface area contributed by atoms with Gasteiger partial charge in [-0.15, -0.1) is 0 Å². The summed E-state index contributed by atoms with van der Waals surface area (Å²) in [7, 11) is 0. The van der Waals surface area contributed by atoms with E-state index >= 15 is 0 Å². The highest BCUT2D eigenvalue weighted by molar-refractivity contribution is 5.92. The number of hydrogen-bond donors (Lipinski definition) is 3. The van der Waals surface area contributed by atoms with Crippen LogP contribution in [-0.2, 0) is 4.79 Å². The van der Waals surface area contributed by atoms with E-state index in [0.717, 1.165) is 0 Å². The van der Waals surface area contributed by atoms with Crippen LogP contribution < -0.4 is 16.2 Å². The SMILES string of the molecule is CC(=O)NCCNC(=O)c1cccc(=O)[nH]1. The van der Waals surface area contributed by atoms with Gasteiger partial charge in [0.2, 0.25) is 11.5 Å². The largest absolute Gasteiger partial charge is 0.355 e. The summed E-state index contributed by atoms with van der Waals surface area (Å²) in [6.45, 7) is 2.07. The summed E-state index contributed by atoms with van der Waals surface area (Å²) in [5.41, 5.74) is -0.121. The van der Waals surface area contributed by atoms with Crippen molar-refractivity contribution in [2.24, 2.45) is 0 Å². The standard InChI is InChI=1S/C10H13N3O3/c1-7(14)11-5-6-12-10(16)8-3-2-4-9(15)13-8/h2-4H,5-6H2,1H3,(H,11,14)(H,12,16)(H,13,15). The fraction of sp³-hybridized carbons (Fsp3) is 0.300. The summed E-state index contributed by atoms with van der Waals surface area (Å²) in [5.74, 6) is -0.523. The lowest BCUT2D eigenvalue weighted by Crippen LogP contribution is -2.34. The second-order valence-corrected chi connectivity index (χ2v) is 3.17. The van der Waals surface area contributed by atoms with E-state index in [0.29, 0.717) is 13.1 Å². The van der Waals surface area contributed by atoms with Crippen LogP contribution in [0.15, 0.2) is 23.0 Å². The molecule has 1 aromatic rings. The smallest absolute Gasteiger partial charge is 0.267 e. The summed E-state index contributed by atoms with van der Waals surface area (Å²) in [5, 5.41) is 5.10. The van der Waals surface area contributed by atoms with Crippen molar-refractivity contribution in [2.75, 3.05) is 13.1 Å². The first-order valence-electron chi connectivity index (χ1n) is 4.81. The number of carbonyl (C=O) groups is 2. The monoisotopic (exact) mass is 223 g/mol. The van der Waals surface area contributed by atoms with E-state index in [4.69, 9.17) is 0 Å². The Kier molecular flexibility index (Phi) is 4.26. The summed E-state index contributed by atoms with van der Waals surface area (Å²) < 4.78 is 0. The Labute approximate surface area is 92.1 Å². The van der Waals surface area contributed by atoms with Crippen molar-refractivity contribution >= 4 is 11.8 Å². The zero-order chi connectivity index (χ0) is 12.0. The summed E-state index contributed by atoms with van der Waals surface area (Å²) >= 11 is 0. The summed E-state index contributed by atoms with van der Waals surface area (Å²) in [6.07, 6.45) is 0. The summed E-state index contributed by atoms with van der Waals surface area (Å²) in [4.78, 5) is 35.3. The molecule has 3 N–H and O–H groups in total. The number of H-pyrrole nitrogens is 1. The third kappa shape index (κ3) is 3.95. The van der Waals surface area contributed by atoms with Gasteiger partial charge in [0.05, 0.1) is 0 Å². The first-order chi connectivity index (χ1) is 7.59. The average Bonchev–Trinajstić information content (AvgIpc) is 2.24. The number of aromatic nitrogens is 1. The van der Waals surface area contributed by atoms with Gasteiger partial charge in [-0.1, -0.05) is 6.07 Å². The van der Waals surface area contributed by atoms with E-state index < -0.39 is 0 Å². The predicted molar refractivity (Wildman–Crippen MR) is 58.1 cm³/mol. The molecule has 0 spiro atoms. The molecule has 0 aliphatic heterocycles. The highest BCUT2D eigenvalue weighted by atomic mass is 16.2. The van der Waals surface area contributed by atoms with Crippen LogP contribution in [0.1, 0.15) is 17.4 Å². The van der Waals surface area contributed by atoms with Crippen molar-refractivity contribution in [1.82, 2.24) is 15.6 Å². The Morgan fingerprint density at radius 1 is 1.25 bits per heavy atom. The van der Waals surface area contributed by atoms with Gasteiger partial charge in [0.1, 0.15) is 5.69 Å². The molecule has 6 heteroatoms. The summed E-state index contributed by atoms with van der Waals surface area (Å²) in [6, 6.07) is 4.34. The van der Waals surface area contributed by atoms with E-state index in [1.807, 2.05) is 0 Å². The number of pyridine rings is 1. The molecule has 1 rings (SSSR count). The predicted octanol–water partition coefficient (Wildman–Crippen LogP) is -0.759. The first-order valence-corrected chi connectivity index (χ1v) is 4.81. The second kappa shape index (κ2) is 5.69. The van der Waals surface area contributed by atoms with E-state index in [9.17, 15) is 14.4 Å². The third-order valence-corrected chi connectivity index (χ3v) is 1.80. The van der Waals surface area contributed by atoms with Crippen LogP contribution in [0.5, 0.6) is 0 Å². The number of aromatic amines is 1. The van der Waals surface area contributed by atoms with Gasteiger partial charge >= 0.3 is 0 Å². The Morgan fingerprint density at radius 3 is 2.56 bits per heavy atom. The number of carbonyl (C=O) groups excluding carboxylic acids is 2. The van der Waals surface area contributed by atoms with Gasteiger partial charge in [-0.2, -0.15) is 0 Å². The highest BCUT2D eigenvalue weighted by Crippen LogP contribution is 1.88. The molecule has 1 aromatic heterocycles. The van der Waals surface area contributed by atoms with Crippen molar-refractivity contribution in [2.45, 2.75) is 6.92 Å². The van der Waals surface area contributed by atoms with E-state index in [1.54, 1.807) is 0 Å². The third-order valence-electron chi connectivity index (χ3n) is 1.80. The zero-order valence-electron chi connectivity index (χ0n) is 8.87. The van der Waals surface area contributed by atoms with E-state index in [2.05, 4.69) is 15.6 Å². The van der Waals surface area contributed by atoms with Gasteiger partial charge in [-0.25, -0.2) is 0 Å². The van der Waals surface area contributed by atoms with Crippen LogP contribution in [-0.4, -0.2) is 29.9 Å². The van der Waals surface area contributed by atoms with Crippen LogP contribution in [0.25, 0.3) is 0 Å². The molecule has 0 fully saturated rings.